The summed E-state index contributed by atoms with van der Waals surface area (Å²) in [6.07, 6.45) is 0. The molecule has 0 radical (unpaired) electrons. The average Bonchev–Trinajstić information content (AvgIpc) is 2.39. The van der Waals surface area contributed by atoms with E-state index in [1.54, 1.807) is 4.90 Å². The third kappa shape index (κ3) is 3.93. The van der Waals surface area contributed by atoms with Crippen molar-refractivity contribution in [2.24, 2.45) is 5.73 Å². The van der Waals surface area contributed by atoms with Crippen LogP contribution in [0.5, 0.6) is 0 Å². The minimum atomic E-state index is -0.201. The summed E-state index contributed by atoms with van der Waals surface area (Å²) in [4.78, 5) is 14.0. The van der Waals surface area contributed by atoms with Crippen LogP contribution in [0.25, 0.3) is 0 Å². The molecule has 1 heterocycles. The zero-order valence-corrected chi connectivity index (χ0v) is 12.0. The molecule has 1 aliphatic rings. The van der Waals surface area contributed by atoms with Crippen LogP contribution in [0.2, 0.25) is 5.02 Å². The van der Waals surface area contributed by atoms with E-state index in [1.165, 1.54) is 10.5 Å². The Morgan fingerprint density at radius 1 is 1.37 bits per heavy atom. The molecule has 1 aromatic carbocycles. The average molecular weight is 284 g/mol. The van der Waals surface area contributed by atoms with Crippen LogP contribution < -0.4 is 15.5 Å². The second-order valence-corrected chi connectivity index (χ2v) is 5.78. The third-order valence-corrected chi connectivity index (χ3v) is 4.22. The summed E-state index contributed by atoms with van der Waals surface area (Å²) in [5.74, 6) is -0.201. The van der Waals surface area contributed by atoms with Gasteiger partial charge in [-0.1, -0.05) is 23.7 Å². The number of nitrogens with one attached hydrogen (secondary N) is 2. The summed E-state index contributed by atoms with van der Waals surface area (Å²) in [5, 5.41) is 0.795. The Hall–Kier alpha value is -1.10. The zero-order valence-electron chi connectivity index (χ0n) is 11.3. The normalized spacial score (nSPS) is 24.9. The number of amides is 1. The van der Waals surface area contributed by atoms with Gasteiger partial charge < -0.3 is 15.5 Å². The standard InChI is InChI=1S/C14H20ClN3O/c1-11(14(16)19)18-7-5-17(6-8-18)10-12-3-2-4-13(15)9-12/h2-4,9,11H,5-8,10H2,1H3,(H2,16,19)/p+2/t11-/m0/s1. The number of nitrogens with two attached hydrogens (primary N) is 1. The highest BCUT2D eigenvalue weighted by Crippen LogP contribution is 2.09. The van der Waals surface area contributed by atoms with Gasteiger partial charge in [-0.3, -0.25) is 4.79 Å². The first-order valence-corrected chi connectivity index (χ1v) is 7.16. The number of carbonyl (C=O) groups excluding carboxylic acids is 1. The van der Waals surface area contributed by atoms with E-state index in [0.29, 0.717) is 0 Å². The summed E-state index contributed by atoms with van der Waals surface area (Å²) in [6, 6.07) is 7.96. The van der Waals surface area contributed by atoms with Crippen LogP contribution in [-0.2, 0) is 11.3 Å². The Bertz CT molecular complexity index is 444. The Kier molecular flexibility index (Phi) is 4.80. The van der Waals surface area contributed by atoms with Gasteiger partial charge in [-0.15, -0.1) is 0 Å². The van der Waals surface area contributed by atoms with Crippen LogP contribution in [0.4, 0.5) is 0 Å². The van der Waals surface area contributed by atoms with Crippen LogP contribution in [0.15, 0.2) is 24.3 Å². The van der Waals surface area contributed by atoms with Gasteiger partial charge in [0.1, 0.15) is 32.7 Å². The first kappa shape index (κ1) is 14.3. The summed E-state index contributed by atoms with van der Waals surface area (Å²) < 4.78 is 0. The maximum absolute atomic E-state index is 11.2. The summed E-state index contributed by atoms with van der Waals surface area (Å²) in [7, 11) is 0. The molecule has 104 valence electrons. The summed E-state index contributed by atoms with van der Waals surface area (Å²) in [6.45, 7) is 7.05. The number of halogens is 1. The highest BCUT2D eigenvalue weighted by atomic mass is 35.5. The molecule has 4 nitrogen and oxygen atoms in total. The van der Waals surface area contributed by atoms with Crippen LogP contribution in [0, 0.1) is 0 Å². The van der Waals surface area contributed by atoms with Gasteiger partial charge in [-0.25, -0.2) is 0 Å². The molecule has 1 aliphatic heterocycles. The fourth-order valence-corrected chi connectivity index (χ4v) is 2.88. The second kappa shape index (κ2) is 6.37. The summed E-state index contributed by atoms with van der Waals surface area (Å²) >= 11 is 6.00. The first-order valence-electron chi connectivity index (χ1n) is 6.78. The lowest BCUT2D eigenvalue weighted by atomic mass is 10.1. The van der Waals surface area contributed by atoms with Crippen LogP contribution >= 0.6 is 11.6 Å². The van der Waals surface area contributed by atoms with Crippen molar-refractivity contribution in [2.45, 2.75) is 19.5 Å². The van der Waals surface area contributed by atoms with E-state index in [0.717, 1.165) is 37.7 Å². The van der Waals surface area contributed by atoms with Gasteiger partial charge in [0.05, 0.1) is 0 Å². The lowest BCUT2D eigenvalue weighted by Gasteiger charge is -2.32. The predicted molar refractivity (Wildman–Crippen MR) is 75.2 cm³/mol. The number of hydrogen-bond acceptors (Lipinski definition) is 1. The molecule has 2 rings (SSSR count). The molecule has 1 saturated heterocycles. The molecular weight excluding hydrogens is 262 g/mol. The van der Waals surface area contributed by atoms with E-state index in [-0.39, 0.29) is 11.9 Å². The predicted octanol–water partition coefficient (Wildman–Crippen LogP) is -1.50. The Morgan fingerprint density at radius 2 is 2.05 bits per heavy atom. The lowest BCUT2D eigenvalue weighted by Crippen LogP contribution is -3.29. The molecule has 5 heteroatoms. The fraction of sp³-hybridized carbons (Fsp3) is 0.500. The molecule has 0 unspecified atom stereocenters. The molecule has 0 aliphatic carbocycles. The van der Waals surface area contributed by atoms with Crippen molar-refractivity contribution in [3.05, 3.63) is 34.9 Å². The SMILES string of the molecule is C[C@@H](C(N)=O)[NH+]1CC[NH+](Cc2cccc(Cl)c2)CC1. The zero-order chi connectivity index (χ0) is 13.8. The number of hydrogen-bond donors (Lipinski definition) is 3. The maximum Gasteiger partial charge on any atom is 0.275 e. The molecule has 1 aromatic rings. The van der Waals surface area contributed by atoms with Crippen molar-refractivity contribution in [2.75, 3.05) is 26.2 Å². The molecule has 0 aromatic heterocycles. The van der Waals surface area contributed by atoms with E-state index in [9.17, 15) is 4.79 Å². The Labute approximate surface area is 119 Å². The van der Waals surface area contributed by atoms with Crippen molar-refractivity contribution in [1.82, 2.24) is 0 Å². The number of piperazine rings is 1. The van der Waals surface area contributed by atoms with Crippen LogP contribution in [0.1, 0.15) is 12.5 Å². The molecule has 0 spiro atoms. The molecule has 4 N–H and O–H groups in total. The summed E-state index contributed by atoms with van der Waals surface area (Å²) in [5.41, 5.74) is 6.63. The number of carbonyl (C=O) groups is 1. The van der Waals surface area contributed by atoms with Gasteiger partial charge in [0, 0.05) is 10.6 Å². The van der Waals surface area contributed by atoms with Gasteiger partial charge in [0.15, 0.2) is 6.04 Å². The Balaban J connectivity index is 1.85. The van der Waals surface area contributed by atoms with Crippen molar-refractivity contribution < 1.29 is 14.6 Å². The quantitative estimate of drug-likeness (QED) is 0.619. The van der Waals surface area contributed by atoms with Crippen LogP contribution in [0.3, 0.4) is 0 Å². The van der Waals surface area contributed by atoms with Crippen molar-refractivity contribution in [3.63, 3.8) is 0 Å². The minimum absolute atomic E-state index is 0.0762. The second-order valence-electron chi connectivity index (χ2n) is 5.34. The van der Waals surface area contributed by atoms with Crippen molar-refractivity contribution in [1.29, 1.82) is 0 Å². The first-order chi connectivity index (χ1) is 9.06. The number of quaternary nitrogens is 2. The molecule has 1 atom stereocenters. The van der Waals surface area contributed by atoms with E-state index in [2.05, 4.69) is 6.07 Å². The molecule has 1 fully saturated rings. The van der Waals surface area contributed by atoms with Gasteiger partial charge in [0.2, 0.25) is 0 Å². The van der Waals surface area contributed by atoms with Crippen molar-refractivity contribution >= 4 is 17.5 Å². The highest BCUT2D eigenvalue weighted by molar-refractivity contribution is 6.30. The van der Waals surface area contributed by atoms with E-state index >= 15 is 0 Å². The molecule has 0 saturated carbocycles. The van der Waals surface area contributed by atoms with Crippen LogP contribution in [-0.4, -0.2) is 38.1 Å². The van der Waals surface area contributed by atoms with Gasteiger partial charge in [0.25, 0.3) is 5.91 Å². The Morgan fingerprint density at radius 3 is 2.63 bits per heavy atom. The topological polar surface area (TPSA) is 52.0 Å². The van der Waals surface area contributed by atoms with E-state index in [4.69, 9.17) is 17.3 Å². The van der Waals surface area contributed by atoms with Crippen molar-refractivity contribution in [3.8, 4) is 0 Å². The van der Waals surface area contributed by atoms with Gasteiger partial charge in [-0.05, 0) is 19.1 Å². The lowest BCUT2D eigenvalue weighted by molar-refractivity contribution is -1.02. The molecule has 19 heavy (non-hydrogen) atoms. The van der Waals surface area contributed by atoms with Gasteiger partial charge in [-0.2, -0.15) is 0 Å². The highest BCUT2D eigenvalue weighted by Gasteiger charge is 2.29. The largest absolute Gasteiger partial charge is 0.365 e. The minimum Gasteiger partial charge on any atom is -0.365 e. The van der Waals surface area contributed by atoms with E-state index < -0.39 is 0 Å². The smallest absolute Gasteiger partial charge is 0.275 e. The molecular formula is C14H22ClN3O+2. The molecule has 0 bridgehead atoms. The number of primary amides is 1. The monoisotopic (exact) mass is 283 g/mol. The maximum atomic E-state index is 11.2. The van der Waals surface area contributed by atoms with Gasteiger partial charge >= 0.3 is 0 Å². The third-order valence-electron chi connectivity index (χ3n) is 3.98. The molecule has 1 amide bonds. The number of rotatable bonds is 4. The van der Waals surface area contributed by atoms with E-state index in [1.807, 2.05) is 25.1 Å². The number of benzene rings is 1. The fourth-order valence-electron chi connectivity index (χ4n) is 2.67.